The molecule has 5 heteroatoms. The summed E-state index contributed by atoms with van der Waals surface area (Å²) in [5, 5.41) is 0. The molecule has 0 saturated heterocycles. The lowest BCUT2D eigenvalue weighted by atomic mass is 9.96. The summed E-state index contributed by atoms with van der Waals surface area (Å²) in [5.74, 6) is 7.12. The molecule has 20 heavy (non-hydrogen) atoms. The van der Waals surface area contributed by atoms with Gasteiger partial charge in [-0.15, -0.1) is 0 Å². The van der Waals surface area contributed by atoms with E-state index in [1.54, 1.807) is 12.1 Å². The van der Waals surface area contributed by atoms with Crippen LogP contribution in [0.5, 0.6) is 0 Å². The number of aryl methyl sites for hydroxylation is 2. The van der Waals surface area contributed by atoms with Crippen LogP contribution >= 0.6 is 15.9 Å². The minimum absolute atomic E-state index is 0.184. The molecule has 0 aliphatic heterocycles. The van der Waals surface area contributed by atoms with Gasteiger partial charge in [0.25, 0.3) is 0 Å². The zero-order valence-corrected chi connectivity index (χ0v) is 13.3. The second-order valence-electron chi connectivity index (χ2n) is 4.91. The monoisotopic (exact) mass is 340 g/mol. The van der Waals surface area contributed by atoms with E-state index in [0.717, 1.165) is 27.1 Å². The number of halogens is 2. The van der Waals surface area contributed by atoms with Crippen molar-refractivity contribution in [2.75, 3.05) is 0 Å². The first-order valence-corrected chi connectivity index (χ1v) is 7.20. The van der Waals surface area contributed by atoms with Gasteiger partial charge in [-0.05, 0) is 56.5 Å². The van der Waals surface area contributed by atoms with Gasteiger partial charge < -0.3 is 4.42 Å². The molecule has 2 rings (SSSR count). The molecule has 0 radical (unpaired) electrons. The van der Waals surface area contributed by atoms with Crippen LogP contribution in [0, 0.1) is 26.6 Å². The SMILES string of the molecule is Cc1oc(C)c(C(Cc2cc(Br)ccc2F)NN)c1C. The number of nitrogens with two attached hydrogens (primary N) is 1. The van der Waals surface area contributed by atoms with Gasteiger partial charge in [-0.1, -0.05) is 15.9 Å². The summed E-state index contributed by atoms with van der Waals surface area (Å²) in [4.78, 5) is 0. The van der Waals surface area contributed by atoms with Crippen molar-refractivity contribution in [2.24, 2.45) is 5.84 Å². The maximum Gasteiger partial charge on any atom is 0.126 e. The summed E-state index contributed by atoms with van der Waals surface area (Å²) in [6, 6.07) is 4.73. The second-order valence-corrected chi connectivity index (χ2v) is 5.83. The van der Waals surface area contributed by atoms with Crippen LogP contribution in [0.4, 0.5) is 4.39 Å². The van der Waals surface area contributed by atoms with Crippen molar-refractivity contribution < 1.29 is 8.81 Å². The zero-order valence-electron chi connectivity index (χ0n) is 11.8. The lowest BCUT2D eigenvalue weighted by Gasteiger charge is -2.17. The smallest absolute Gasteiger partial charge is 0.126 e. The molecular weight excluding hydrogens is 323 g/mol. The van der Waals surface area contributed by atoms with Crippen molar-refractivity contribution in [1.29, 1.82) is 0 Å². The average Bonchev–Trinajstić information content (AvgIpc) is 2.65. The largest absolute Gasteiger partial charge is 0.466 e. The normalized spacial score (nSPS) is 12.7. The maximum absolute atomic E-state index is 13.9. The Morgan fingerprint density at radius 3 is 2.55 bits per heavy atom. The highest BCUT2D eigenvalue weighted by Crippen LogP contribution is 2.30. The highest BCUT2D eigenvalue weighted by Gasteiger charge is 2.21. The van der Waals surface area contributed by atoms with Crippen molar-refractivity contribution in [3.63, 3.8) is 0 Å². The second kappa shape index (κ2) is 6.08. The van der Waals surface area contributed by atoms with E-state index >= 15 is 0 Å². The highest BCUT2D eigenvalue weighted by molar-refractivity contribution is 9.10. The summed E-state index contributed by atoms with van der Waals surface area (Å²) in [6.45, 7) is 5.80. The van der Waals surface area contributed by atoms with Gasteiger partial charge in [-0.2, -0.15) is 0 Å². The van der Waals surface area contributed by atoms with Gasteiger partial charge in [0, 0.05) is 10.0 Å². The van der Waals surface area contributed by atoms with E-state index in [1.807, 2.05) is 20.8 Å². The van der Waals surface area contributed by atoms with Crippen LogP contribution in [-0.4, -0.2) is 0 Å². The van der Waals surface area contributed by atoms with Gasteiger partial charge in [0.1, 0.15) is 17.3 Å². The summed E-state index contributed by atoms with van der Waals surface area (Å²) >= 11 is 3.36. The molecule has 0 bridgehead atoms. The third-order valence-electron chi connectivity index (χ3n) is 3.60. The van der Waals surface area contributed by atoms with Crippen molar-refractivity contribution in [1.82, 2.24) is 5.43 Å². The summed E-state index contributed by atoms with van der Waals surface area (Å²) in [5.41, 5.74) is 5.44. The molecule has 0 amide bonds. The molecule has 1 atom stereocenters. The number of benzene rings is 1. The van der Waals surface area contributed by atoms with Crippen LogP contribution in [0.2, 0.25) is 0 Å². The number of rotatable bonds is 4. The third-order valence-corrected chi connectivity index (χ3v) is 4.09. The molecule has 108 valence electrons. The number of furan rings is 1. The zero-order chi connectivity index (χ0) is 14.9. The van der Waals surface area contributed by atoms with E-state index in [2.05, 4.69) is 21.4 Å². The summed E-state index contributed by atoms with van der Waals surface area (Å²) < 4.78 is 20.3. The van der Waals surface area contributed by atoms with Crippen LogP contribution in [0.15, 0.2) is 27.1 Å². The van der Waals surface area contributed by atoms with Crippen LogP contribution < -0.4 is 11.3 Å². The Morgan fingerprint density at radius 2 is 2.00 bits per heavy atom. The molecule has 0 aliphatic rings. The van der Waals surface area contributed by atoms with Gasteiger partial charge in [0.05, 0.1) is 6.04 Å². The van der Waals surface area contributed by atoms with Crippen LogP contribution in [0.3, 0.4) is 0 Å². The molecule has 3 N–H and O–H groups in total. The number of nitrogens with one attached hydrogen (secondary N) is 1. The van der Waals surface area contributed by atoms with E-state index in [0.29, 0.717) is 12.0 Å². The third kappa shape index (κ3) is 2.95. The maximum atomic E-state index is 13.9. The summed E-state index contributed by atoms with van der Waals surface area (Å²) in [6.07, 6.45) is 0.461. The number of hydrogen-bond donors (Lipinski definition) is 2. The lowest BCUT2D eigenvalue weighted by Crippen LogP contribution is -2.30. The van der Waals surface area contributed by atoms with Gasteiger partial charge >= 0.3 is 0 Å². The van der Waals surface area contributed by atoms with Gasteiger partial charge in [-0.3, -0.25) is 11.3 Å². The fourth-order valence-electron chi connectivity index (χ4n) is 2.49. The number of hydrogen-bond acceptors (Lipinski definition) is 3. The fourth-order valence-corrected chi connectivity index (χ4v) is 2.89. The first-order valence-electron chi connectivity index (χ1n) is 6.40. The highest BCUT2D eigenvalue weighted by atomic mass is 79.9. The van der Waals surface area contributed by atoms with Crippen molar-refractivity contribution in [2.45, 2.75) is 33.2 Å². The van der Waals surface area contributed by atoms with E-state index < -0.39 is 0 Å². The minimum Gasteiger partial charge on any atom is -0.466 e. The van der Waals surface area contributed by atoms with Crippen molar-refractivity contribution in [3.8, 4) is 0 Å². The summed E-state index contributed by atoms with van der Waals surface area (Å²) in [7, 11) is 0. The molecule has 2 aromatic rings. The molecule has 3 nitrogen and oxygen atoms in total. The Bertz CT molecular complexity index is 625. The molecule has 1 aromatic heterocycles. The Kier molecular flexibility index (Phi) is 4.62. The van der Waals surface area contributed by atoms with Gasteiger partial charge in [0.15, 0.2) is 0 Å². The van der Waals surface area contributed by atoms with E-state index in [9.17, 15) is 4.39 Å². The molecule has 0 fully saturated rings. The molecule has 0 aliphatic carbocycles. The Hall–Kier alpha value is -1.17. The molecule has 0 spiro atoms. The minimum atomic E-state index is -0.232. The quantitative estimate of drug-likeness (QED) is 0.656. The topological polar surface area (TPSA) is 51.2 Å². The van der Waals surface area contributed by atoms with Crippen LogP contribution in [0.25, 0.3) is 0 Å². The van der Waals surface area contributed by atoms with Crippen molar-refractivity contribution >= 4 is 15.9 Å². The van der Waals surface area contributed by atoms with E-state index in [-0.39, 0.29) is 11.9 Å². The predicted molar refractivity (Wildman–Crippen MR) is 80.8 cm³/mol. The molecule has 0 saturated carbocycles. The molecule has 1 unspecified atom stereocenters. The Balaban J connectivity index is 2.36. The number of hydrazine groups is 1. The fraction of sp³-hybridized carbons (Fsp3) is 0.333. The van der Waals surface area contributed by atoms with Crippen molar-refractivity contribution in [3.05, 3.63) is 56.7 Å². The molecular formula is C15H18BrFN2O. The standard InChI is InChI=1S/C15H18BrFN2O/c1-8-9(2)20-10(3)15(8)14(19-18)7-11-6-12(16)4-5-13(11)17/h4-6,14,19H,7,18H2,1-3H3. The lowest BCUT2D eigenvalue weighted by molar-refractivity contribution is 0.481. The van der Waals surface area contributed by atoms with E-state index in [1.165, 1.54) is 6.07 Å². The van der Waals surface area contributed by atoms with Gasteiger partial charge in [0.2, 0.25) is 0 Å². The van der Waals surface area contributed by atoms with Crippen LogP contribution in [-0.2, 0) is 6.42 Å². The Labute approximate surface area is 126 Å². The van der Waals surface area contributed by atoms with Gasteiger partial charge in [-0.25, -0.2) is 4.39 Å². The Morgan fingerprint density at radius 1 is 1.30 bits per heavy atom. The van der Waals surface area contributed by atoms with Crippen LogP contribution in [0.1, 0.15) is 34.3 Å². The molecule has 1 heterocycles. The average molecular weight is 341 g/mol. The molecule has 1 aromatic carbocycles. The predicted octanol–water partition coefficient (Wildman–Crippen LogP) is 3.85. The first kappa shape index (κ1) is 15.2. The van der Waals surface area contributed by atoms with E-state index in [4.69, 9.17) is 10.3 Å². The first-order chi connectivity index (χ1) is 9.43.